The summed E-state index contributed by atoms with van der Waals surface area (Å²) in [7, 11) is 0. The monoisotopic (exact) mass is 336 g/mol. The number of hydrogen-bond donors (Lipinski definition) is 2. The van der Waals surface area contributed by atoms with Gasteiger partial charge in [0.1, 0.15) is 0 Å². The molecule has 21 heavy (non-hydrogen) atoms. The third-order valence-electron chi connectivity index (χ3n) is 3.53. The number of thiophene rings is 1. The summed E-state index contributed by atoms with van der Waals surface area (Å²) in [5, 5.41) is 4.64. The van der Waals surface area contributed by atoms with Crippen LogP contribution in [0.3, 0.4) is 0 Å². The Balaban J connectivity index is 1.97. The van der Waals surface area contributed by atoms with E-state index in [0.29, 0.717) is 16.5 Å². The molecule has 0 amide bonds. The van der Waals surface area contributed by atoms with Crippen LogP contribution < -0.4 is 11.3 Å². The highest BCUT2D eigenvalue weighted by molar-refractivity contribution is 7.17. The van der Waals surface area contributed by atoms with Crippen molar-refractivity contribution in [2.75, 3.05) is 0 Å². The molecule has 1 heterocycles. The van der Waals surface area contributed by atoms with Crippen LogP contribution in [0.5, 0.6) is 0 Å². The zero-order valence-electron chi connectivity index (χ0n) is 11.1. The van der Waals surface area contributed by atoms with Crippen LogP contribution in [0.15, 0.2) is 47.8 Å². The molecule has 3 rings (SSSR count). The molecule has 0 saturated heterocycles. The SMILES string of the molecule is NNC(Cc1ccc(Cl)cc1Cl)c1cccc2ccsc12. The average Bonchev–Trinajstić information content (AvgIpc) is 2.95. The first-order valence-corrected chi connectivity index (χ1v) is 8.19. The molecule has 108 valence electrons. The molecule has 2 aromatic carbocycles. The van der Waals surface area contributed by atoms with Gasteiger partial charge in [-0.05, 0) is 46.5 Å². The highest BCUT2D eigenvalue weighted by Crippen LogP contribution is 2.32. The van der Waals surface area contributed by atoms with Crippen molar-refractivity contribution < 1.29 is 0 Å². The number of hydrogen-bond acceptors (Lipinski definition) is 3. The molecule has 0 aliphatic carbocycles. The van der Waals surface area contributed by atoms with Crippen LogP contribution in [0.1, 0.15) is 17.2 Å². The van der Waals surface area contributed by atoms with Crippen molar-refractivity contribution in [1.29, 1.82) is 0 Å². The van der Waals surface area contributed by atoms with Gasteiger partial charge in [0.25, 0.3) is 0 Å². The fraction of sp³-hybridized carbons (Fsp3) is 0.125. The first-order chi connectivity index (χ1) is 10.2. The topological polar surface area (TPSA) is 38.0 Å². The van der Waals surface area contributed by atoms with E-state index in [2.05, 4.69) is 35.1 Å². The molecule has 1 atom stereocenters. The average molecular weight is 337 g/mol. The van der Waals surface area contributed by atoms with Crippen LogP contribution in [0.4, 0.5) is 0 Å². The summed E-state index contributed by atoms with van der Waals surface area (Å²) >= 11 is 13.9. The van der Waals surface area contributed by atoms with Crippen molar-refractivity contribution in [3.8, 4) is 0 Å². The Hall–Kier alpha value is -1.10. The van der Waals surface area contributed by atoms with E-state index in [1.54, 1.807) is 17.4 Å². The fourth-order valence-electron chi connectivity index (χ4n) is 2.46. The number of nitrogens with one attached hydrogen (secondary N) is 1. The van der Waals surface area contributed by atoms with E-state index >= 15 is 0 Å². The van der Waals surface area contributed by atoms with Crippen molar-refractivity contribution >= 4 is 44.6 Å². The Kier molecular flexibility index (Phi) is 4.48. The second-order valence-electron chi connectivity index (χ2n) is 4.85. The maximum atomic E-state index is 6.26. The standard InChI is InChI=1S/C16H14Cl2N2S/c17-12-5-4-11(14(18)9-12)8-15(20-19)13-3-1-2-10-6-7-21-16(10)13/h1-7,9,15,20H,8,19H2. The van der Waals surface area contributed by atoms with E-state index in [-0.39, 0.29) is 6.04 Å². The minimum atomic E-state index is 0.00558. The summed E-state index contributed by atoms with van der Waals surface area (Å²) in [5.74, 6) is 5.78. The quantitative estimate of drug-likeness (QED) is 0.522. The first-order valence-electron chi connectivity index (χ1n) is 6.55. The molecule has 0 bridgehead atoms. The van der Waals surface area contributed by atoms with Gasteiger partial charge in [-0.1, -0.05) is 47.5 Å². The van der Waals surface area contributed by atoms with Gasteiger partial charge in [-0.25, -0.2) is 0 Å². The molecule has 0 radical (unpaired) electrons. The molecule has 0 spiro atoms. The van der Waals surface area contributed by atoms with Crippen LogP contribution >= 0.6 is 34.5 Å². The molecule has 1 aromatic heterocycles. The molecular weight excluding hydrogens is 323 g/mol. The Morgan fingerprint density at radius 1 is 1.14 bits per heavy atom. The number of fused-ring (bicyclic) bond motifs is 1. The first kappa shape index (κ1) is 14.8. The van der Waals surface area contributed by atoms with Crippen molar-refractivity contribution in [1.82, 2.24) is 5.43 Å². The van der Waals surface area contributed by atoms with Gasteiger partial charge in [0.05, 0.1) is 6.04 Å². The zero-order chi connectivity index (χ0) is 14.8. The lowest BCUT2D eigenvalue weighted by Gasteiger charge is -2.18. The lowest BCUT2D eigenvalue weighted by atomic mass is 9.98. The third kappa shape index (κ3) is 3.07. The molecule has 2 nitrogen and oxygen atoms in total. The highest BCUT2D eigenvalue weighted by Gasteiger charge is 2.16. The van der Waals surface area contributed by atoms with E-state index in [1.165, 1.54) is 15.6 Å². The largest absolute Gasteiger partial charge is 0.271 e. The lowest BCUT2D eigenvalue weighted by molar-refractivity contribution is 0.556. The smallest absolute Gasteiger partial charge is 0.0515 e. The minimum absolute atomic E-state index is 0.00558. The summed E-state index contributed by atoms with van der Waals surface area (Å²) in [6, 6.07) is 13.9. The van der Waals surface area contributed by atoms with E-state index in [1.807, 2.05) is 12.1 Å². The lowest BCUT2D eigenvalue weighted by Crippen LogP contribution is -2.29. The van der Waals surface area contributed by atoms with Gasteiger partial charge in [-0.15, -0.1) is 11.3 Å². The Labute approximate surface area is 137 Å². The Morgan fingerprint density at radius 3 is 2.76 bits per heavy atom. The normalized spacial score (nSPS) is 12.7. The van der Waals surface area contributed by atoms with Gasteiger partial charge < -0.3 is 0 Å². The molecule has 1 unspecified atom stereocenters. The summed E-state index contributed by atoms with van der Waals surface area (Å²) in [4.78, 5) is 0. The molecular formula is C16H14Cl2N2S. The Bertz CT molecular complexity index is 770. The zero-order valence-corrected chi connectivity index (χ0v) is 13.5. The highest BCUT2D eigenvalue weighted by atomic mass is 35.5. The van der Waals surface area contributed by atoms with Crippen molar-refractivity contribution in [3.05, 3.63) is 69.0 Å². The maximum Gasteiger partial charge on any atom is 0.0515 e. The molecule has 5 heteroatoms. The van der Waals surface area contributed by atoms with Gasteiger partial charge in [0.15, 0.2) is 0 Å². The van der Waals surface area contributed by atoms with Gasteiger partial charge in [-0.2, -0.15) is 0 Å². The van der Waals surface area contributed by atoms with Crippen LogP contribution in [-0.2, 0) is 6.42 Å². The number of rotatable bonds is 4. The predicted octanol–water partition coefficient (Wildman–Crippen LogP) is 4.96. The van der Waals surface area contributed by atoms with Gasteiger partial charge in [-0.3, -0.25) is 11.3 Å². The van der Waals surface area contributed by atoms with Crippen LogP contribution in [0.2, 0.25) is 10.0 Å². The molecule has 3 N–H and O–H groups in total. The second-order valence-corrected chi connectivity index (χ2v) is 6.61. The van der Waals surface area contributed by atoms with Gasteiger partial charge in [0.2, 0.25) is 0 Å². The van der Waals surface area contributed by atoms with Gasteiger partial charge >= 0.3 is 0 Å². The van der Waals surface area contributed by atoms with Crippen molar-refractivity contribution in [2.45, 2.75) is 12.5 Å². The van der Waals surface area contributed by atoms with E-state index < -0.39 is 0 Å². The molecule has 0 aliphatic rings. The molecule has 0 fully saturated rings. The number of halogens is 2. The molecule has 0 saturated carbocycles. The molecule has 0 aliphatic heterocycles. The number of hydrazine groups is 1. The van der Waals surface area contributed by atoms with E-state index in [9.17, 15) is 0 Å². The van der Waals surface area contributed by atoms with Crippen molar-refractivity contribution in [2.24, 2.45) is 5.84 Å². The summed E-state index contributed by atoms with van der Waals surface area (Å²) < 4.78 is 1.26. The van der Waals surface area contributed by atoms with Crippen LogP contribution in [0.25, 0.3) is 10.1 Å². The summed E-state index contributed by atoms with van der Waals surface area (Å²) in [6.07, 6.45) is 0.712. The number of benzene rings is 2. The third-order valence-corrected chi connectivity index (χ3v) is 5.09. The van der Waals surface area contributed by atoms with Crippen molar-refractivity contribution in [3.63, 3.8) is 0 Å². The minimum Gasteiger partial charge on any atom is -0.271 e. The Morgan fingerprint density at radius 2 is 2.00 bits per heavy atom. The van der Waals surface area contributed by atoms with Gasteiger partial charge in [0, 0.05) is 14.7 Å². The predicted molar refractivity (Wildman–Crippen MR) is 92.1 cm³/mol. The van der Waals surface area contributed by atoms with E-state index in [4.69, 9.17) is 29.0 Å². The maximum absolute atomic E-state index is 6.26. The van der Waals surface area contributed by atoms with Crippen LogP contribution in [-0.4, -0.2) is 0 Å². The fourth-order valence-corrected chi connectivity index (χ4v) is 3.91. The number of nitrogens with two attached hydrogens (primary N) is 1. The van der Waals surface area contributed by atoms with E-state index in [0.717, 1.165) is 5.56 Å². The molecule has 3 aromatic rings. The second kappa shape index (κ2) is 6.34. The van der Waals surface area contributed by atoms with Crippen LogP contribution in [0, 0.1) is 0 Å². The summed E-state index contributed by atoms with van der Waals surface area (Å²) in [6.45, 7) is 0. The summed E-state index contributed by atoms with van der Waals surface area (Å²) in [5.41, 5.74) is 5.12.